The zero-order valence-corrected chi connectivity index (χ0v) is 13.3. The summed E-state index contributed by atoms with van der Waals surface area (Å²) < 4.78 is 10.6. The Morgan fingerprint density at radius 1 is 1.18 bits per heavy atom. The molecule has 8 heteroatoms. The number of amides is 2. The summed E-state index contributed by atoms with van der Waals surface area (Å²) in [6.07, 6.45) is 0. The third-order valence-corrected chi connectivity index (χ3v) is 3.09. The van der Waals surface area contributed by atoms with Crippen LogP contribution in [-0.4, -0.2) is 25.5 Å². The Morgan fingerprint density at radius 2 is 1.95 bits per heavy atom. The van der Waals surface area contributed by atoms with Crippen molar-refractivity contribution in [3.63, 3.8) is 0 Å². The molecule has 0 atom stereocenters. The number of benzene rings is 1. The zero-order valence-electron chi connectivity index (χ0n) is 11.7. The number of hydrazine groups is 1. The number of anilines is 1. The first kappa shape index (κ1) is 15.9. The second kappa shape index (κ2) is 7.51. The van der Waals surface area contributed by atoms with Crippen molar-refractivity contribution in [2.24, 2.45) is 0 Å². The SMILES string of the molecule is COc1ccccc1NCC(=O)NNC(=O)c1ccc(Br)o1. The van der Waals surface area contributed by atoms with Crippen molar-refractivity contribution in [2.45, 2.75) is 0 Å². The Balaban J connectivity index is 1.80. The molecule has 7 nitrogen and oxygen atoms in total. The molecule has 0 aliphatic rings. The summed E-state index contributed by atoms with van der Waals surface area (Å²) >= 11 is 3.09. The van der Waals surface area contributed by atoms with E-state index in [1.165, 1.54) is 6.07 Å². The van der Waals surface area contributed by atoms with Crippen molar-refractivity contribution in [3.05, 3.63) is 46.8 Å². The lowest BCUT2D eigenvalue weighted by Gasteiger charge is -2.11. The fourth-order valence-corrected chi connectivity index (χ4v) is 1.94. The van der Waals surface area contributed by atoms with E-state index in [1.54, 1.807) is 25.3 Å². The first-order valence-electron chi connectivity index (χ1n) is 6.31. The minimum Gasteiger partial charge on any atom is -0.495 e. The van der Waals surface area contributed by atoms with Gasteiger partial charge in [0.2, 0.25) is 0 Å². The number of furan rings is 1. The number of carbonyl (C=O) groups is 2. The largest absolute Gasteiger partial charge is 0.495 e. The van der Waals surface area contributed by atoms with Gasteiger partial charge in [-0.3, -0.25) is 20.4 Å². The van der Waals surface area contributed by atoms with E-state index in [0.29, 0.717) is 16.1 Å². The molecule has 1 heterocycles. The normalized spacial score (nSPS) is 9.91. The molecule has 116 valence electrons. The smallest absolute Gasteiger partial charge is 0.305 e. The van der Waals surface area contributed by atoms with Crippen LogP contribution in [0.15, 0.2) is 45.5 Å². The van der Waals surface area contributed by atoms with Gasteiger partial charge in [0.05, 0.1) is 19.3 Å². The third-order valence-electron chi connectivity index (χ3n) is 2.66. The minimum atomic E-state index is -0.545. The first-order chi connectivity index (χ1) is 10.6. The molecule has 0 bridgehead atoms. The van der Waals surface area contributed by atoms with Crippen LogP contribution in [0.3, 0.4) is 0 Å². The van der Waals surface area contributed by atoms with E-state index >= 15 is 0 Å². The molecule has 0 radical (unpaired) electrons. The molecule has 1 aromatic heterocycles. The average molecular weight is 368 g/mol. The monoisotopic (exact) mass is 367 g/mol. The maximum atomic E-state index is 11.7. The summed E-state index contributed by atoms with van der Waals surface area (Å²) in [7, 11) is 1.54. The standard InChI is InChI=1S/C14H14BrN3O4/c1-21-10-5-3-2-4-9(10)16-8-13(19)17-18-14(20)11-6-7-12(15)22-11/h2-7,16H,8H2,1H3,(H,17,19)(H,18,20). The molecule has 2 aromatic rings. The second-order valence-corrected chi connectivity index (χ2v) is 4.94. The number of hydrogen-bond acceptors (Lipinski definition) is 5. The number of ether oxygens (including phenoxy) is 1. The Kier molecular flexibility index (Phi) is 5.42. The van der Waals surface area contributed by atoms with Crippen LogP contribution in [-0.2, 0) is 4.79 Å². The number of para-hydroxylation sites is 2. The summed E-state index contributed by atoms with van der Waals surface area (Å²) in [5.74, 6) is -0.245. The maximum Gasteiger partial charge on any atom is 0.305 e. The average Bonchev–Trinajstić information content (AvgIpc) is 2.97. The number of carbonyl (C=O) groups excluding carboxylic acids is 2. The molecule has 0 aliphatic carbocycles. The van der Waals surface area contributed by atoms with Gasteiger partial charge in [0.25, 0.3) is 5.91 Å². The van der Waals surface area contributed by atoms with Crippen molar-refractivity contribution in [1.29, 1.82) is 0 Å². The van der Waals surface area contributed by atoms with Crippen LogP contribution in [0.5, 0.6) is 5.75 Å². The Hall–Kier alpha value is -2.48. The highest BCUT2D eigenvalue weighted by Gasteiger charge is 2.11. The molecule has 0 saturated carbocycles. The van der Waals surface area contributed by atoms with E-state index in [1.807, 2.05) is 12.1 Å². The van der Waals surface area contributed by atoms with Gasteiger partial charge in [-0.1, -0.05) is 12.1 Å². The van der Waals surface area contributed by atoms with Gasteiger partial charge in [0, 0.05) is 0 Å². The number of halogens is 1. The fraction of sp³-hybridized carbons (Fsp3) is 0.143. The molecule has 0 aliphatic heterocycles. The maximum absolute atomic E-state index is 11.7. The van der Waals surface area contributed by atoms with Crippen LogP contribution in [0.25, 0.3) is 0 Å². The van der Waals surface area contributed by atoms with Crippen LogP contribution < -0.4 is 20.9 Å². The summed E-state index contributed by atoms with van der Waals surface area (Å²) in [6, 6.07) is 10.3. The summed E-state index contributed by atoms with van der Waals surface area (Å²) in [5.41, 5.74) is 5.22. The summed E-state index contributed by atoms with van der Waals surface area (Å²) in [6.45, 7) is -0.0253. The predicted octanol–water partition coefficient (Wildman–Crippen LogP) is 1.92. The fourth-order valence-electron chi connectivity index (χ4n) is 1.63. The lowest BCUT2D eigenvalue weighted by atomic mass is 10.3. The van der Waals surface area contributed by atoms with Gasteiger partial charge < -0.3 is 14.5 Å². The molecule has 1 aromatic carbocycles. The molecule has 3 N–H and O–H groups in total. The van der Waals surface area contributed by atoms with E-state index in [9.17, 15) is 9.59 Å². The summed E-state index contributed by atoms with van der Waals surface area (Å²) in [4.78, 5) is 23.3. The van der Waals surface area contributed by atoms with Gasteiger partial charge in [0.15, 0.2) is 10.4 Å². The lowest BCUT2D eigenvalue weighted by Crippen LogP contribution is -2.44. The number of hydrogen-bond donors (Lipinski definition) is 3. The molecule has 22 heavy (non-hydrogen) atoms. The summed E-state index contributed by atoms with van der Waals surface area (Å²) in [5, 5.41) is 2.91. The van der Waals surface area contributed by atoms with Gasteiger partial charge >= 0.3 is 5.91 Å². The quantitative estimate of drug-likeness (QED) is 0.702. The lowest BCUT2D eigenvalue weighted by molar-refractivity contribution is -0.120. The van der Waals surface area contributed by atoms with Gasteiger partial charge in [-0.05, 0) is 40.2 Å². The van der Waals surface area contributed by atoms with E-state index in [0.717, 1.165) is 0 Å². The van der Waals surface area contributed by atoms with Crippen molar-refractivity contribution in [1.82, 2.24) is 10.9 Å². The van der Waals surface area contributed by atoms with Gasteiger partial charge in [-0.25, -0.2) is 0 Å². The molecule has 0 unspecified atom stereocenters. The van der Waals surface area contributed by atoms with Gasteiger partial charge in [-0.2, -0.15) is 0 Å². The first-order valence-corrected chi connectivity index (χ1v) is 7.11. The molecule has 2 amide bonds. The zero-order chi connectivity index (χ0) is 15.9. The van der Waals surface area contributed by atoms with Crippen molar-refractivity contribution < 1.29 is 18.7 Å². The highest BCUT2D eigenvalue weighted by atomic mass is 79.9. The minimum absolute atomic E-state index is 0.0253. The van der Waals surface area contributed by atoms with Crippen LogP contribution >= 0.6 is 15.9 Å². The van der Waals surface area contributed by atoms with Crippen LogP contribution in [0.1, 0.15) is 10.6 Å². The highest BCUT2D eigenvalue weighted by molar-refractivity contribution is 9.10. The molecule has 0 saturated heterocycles. The molecular weight excluding hydrogens is 354 g/mol. The van der Waals surface area contributed by atoms with E-state index < -0.39 is 11.8 Å². The topological polar surface area (TPSA) is 92.6 Å². The van der Waals surface area contributed by atoms with Crippen LogP contribution in [0.4, 0.5) is 5.69 Å². The molecule has 2 rings (SSSR count). The molecular formula is C14H14BrN3O4. The number of rotatable bonds is 5. The van der Waals surface area contributed by atoms with E-state index in [-0.39, 0.29) is 12.3 Å². The van der Waals surface area contributed by atoms with E-state index in [2.05, 4.69) is 32.1 Å². The predicted molar refractivity (Wildman–Crippen MR) is 83.5 cm³/mol. The van der Waals surface area contributed by atoms with Crippen LogP contribution in [0.2, 0.25) is 0 Å². The second-order valence-electron chi connectivity index (χ2n) is 4.16. The van der Waals surface area contributed by atoms with Crippen molar-refractivity contribution >= 4 is 33.4 Å². The van der Waals surface area contributed by atoms with Crippen molar-refractivity contribution in [2.75, 3.05) is 19.0 Å². The molecule has 0 spiro atoms. The Morgan fingerprint density at radius 3 is 2.64 bits per heavy atom. The molecule has 0 fully saturated rings. The Bertz CT molecular complexity index is 672. The van der Waals surface area contributed by atoms with E-state index in [4.69, 9.17) is 9.15 Å². The third kappa shape index (κ3) is 4.26. The highest BCUT2D eigenvalue weighted by Crippen LogP contribution is 2.22. The number of methoxy groups -OCH3 is 1. The Labute approximate surface area is 135 Å². The van der Waals surface area contributed by atoms with Gasteiger partial charge in [0.1, 0.15) is 5.75 Å². The number of nitrogens with one attached hydrogen (secondary N) is 3. The van der Waals surface area contributed by atoms with Gasteiger partial charge in [-0.15, -0.1) is 0 Å². The van der Waals surface area contributed by atoms with Crippen LogP contribution in [0, 0.1) is 0 Å². The van der Waals surface area contributed by atoms with Crippen molar-refractivity contribution in [3.8, 4) is 5.75 Å².